The van der Waals surface area contributed by atoms with Crippen molar-refractivity contribution in [2.75, 3.05) is 19.6 Å². The first kappa shape index (κ1) is 14.5. The zero-order valence-corrected chi connectivity index (χ0v) is 11.8. The van der Waals surface area contributed by atoms with Crippen LogP contribution in [0, 0.1) is 5.92 Å². The summed E-state index contributed by atoms with van der Waals surface area (Å²) in [4.78, 5) is 25.7. The summed E-state index contributed by atoms with van der Waals surface area (Å²) in [6.45, 7) is 4.42. The number of likely N-dealkylation sites (tertiary alicyclic amines) is 1. The average Bonchev–Trinajstić information content (AvgIpc) is 2.46. The maximum absolute atomic E-state index is 11.8. The molecule has 0 saturated carbocycles. The van der Waals surface area contributed by atoms with Gasteiger partial charge in [-0.3, -0.25) is 25.3 Å². The fourth-order valence-electron chi connectivity index (χ4n) is 2.46. The van der Waals surface area contributed by atoms with Crippen LogP contribution >= 0.6 is 0 Å². The first-order valence-corrected chi connectivity index (χ1v) is 7.02. The Morgan fingerprint density at radius 1 is 1.25 bits per heavy atom. The van der Waals surface area contributed by atoms with Crippen LogP contribution in [-0.4, -0.2) is 36.3 Å². The molecular formula is C15H21N3O2. The molecule has 2 N–H and O–H groups in total. The lowest BCUT2D eigenvalue weighted by Gasteiger charge is -2.30. The molecule has 5 heteroatoms. The molecule has 1 saturated heterocycles. The molecule has 0 aliphatic carbocycles. The van der Waals surface area contributed by atoms with Gasteiger partial charge in [0.25, 0.3) is 11.8 Å². The topological polar surface area (TPSA) is 61.4 Å². The van der Waals surface area contributed by atoms with Crippen LogP contribution in [0.4, 0.5) is 0 Å². The highest BCUT2D eigenvalue weighted by Crippen LogP contribution is 2.14. The van der Waals surface area contributed by atoms with Crippen LogP contribution in [0.15, 0.2) is 30.3 Å². The molecule has 1 heterocycles. The van der Waals surface area contributed by atoms with E-state index < -0.39 is 0 Å². The van der Waals surface area contributed by atoms with Gasteiger partial charge in [0.15, 0.2) is 0 Å². The van der Waals surface area contributed by atoms with Gasteiger partial charge in [-0.25, -0.2) is 0 Å². The van der Waals surface area contributed by atoms with E-state index in [1.165, 1.54) is 6.42 Å². The predicted octanol–water partition coefficient (Wildman–Crippen LogP) is 1.18. The summed E-state index contributed by atoms with van der Waals surface area (Å²) in [5, 5.41) is 0. The molecule has 2 amide bonds. The third-order valence-electron chi connectivity index (χ3n) is 3.46. The normalized spacial score (nSPS) is 19.4. The molecule has 1 fully saturated rings. The zero-order valence-electron chi connectivity index (χ0n) is 11.8. The Kier molecular flexibility index (Phi) is 5.12. The maximum atomic E-state index is 11.8. The third kappa shape index (κ3) is 4.35. The lowest BCUT2D eigenvalue weighted by atomic mass is 10.0. The van der Waals surface area contributed by atoms with Crippen molar-refractivity contribution < 1.29 is 9.59 Å². The third-order valence-corrected chi connectivity index (χ3v) is 3.46. The molecule has 1 atom stereocenters. The summed E-state index contributed by atoms with van der Waals surface area (Å²) in [5.74, 6) is 0.157. The summed E-state index contributed by atoms with van der Waals surface area (Å²) in [6, 6.07) is 8.81. The highest BCUT2D eigenvalue weighted by Gasteiger charge is 2.18. The quantitative estimate of drug-likeness (QED) is 0.814. The Bertz CT molecular complexity index is 461. The molecule has 0 bridgehead atoms. The number of carbonyl (C=O) groups is 2. The number of hydrazine groups is 1. The fourth-order valence-corrected chi connectivity index (χ4v) is 2.46. The predicted molar refractivity (Wildman–Crippen MR) is 76.9 cm³/mol. The molecular weight excluding hydrogens is 254 g/mol. The van der Waals surface area contributed by atoms with Crippen LogP contribution in [0.2, 0.25) is 0 Å². The molecule has 1 aliphatic heterocycles. The van der Waals surface area contributed by atoms with Gasteiger partial charge in [0.1, 0.15) is 0 Å². The van der Waals surface area contributed by atoms with Crippen molar-refractivity contribution in [3.05, 3.63) is 35.9 Å². The minimum absolute atomic E-state index is 0.177. The maximum Gasteiger partial charge on any atom is 0.269 e. The van der Waals surface area contributed by atoms with Gasteiger partial charge in [0.05, 0.1) is 6.54 Å². The SMILES string of the molecule is C[C@H]1CCCN(CC(=O)NNC(=O)c2ccccc2)C1. The van der Waals surface area contributed by atoms with E-state index in [0.29, 0.717) is 18.0 Å². The summed E-state index contributed by atoms with van der Waals surface area (Å²) in [5.41, 5.74) is 5.42. The standard InChI is InChI=1S/C15H21N3O2/c1-12-6-5-9-18(10-12)11-14(19)16-17-15(20)13-7-3-2-4-8-13/h2-4,7-8,12H,5-6,9-11H2,1H3,(H,16,19)(H,17,20)/t12-/m0/s1. The number of piperidine rings is 1. The summed E-state index contributed by atoms with van der Waals surface area (Å²) in [7, 11) is 0. The van der Waals surface area contributed by atoms with Crippen LogP contribution < -0.4 is 10.9 Å². The number of benzene rings is 1. The second-order valence-electron chi connectivity index (χ2n) is 5.35. The van der Waals surface area contributed by atoms with Crippen LogP contribution in [0.25, 0.3) is 0 Å². The van der Waals surface area contributed by atoms with Crippen molar-refractivity contribution >= 4 is 11.8 Å². The van der Waals surface area contributed by atoms with Crippen LogP contribution in [0.5, 0.6) is 0 Å². The summed E-state index contributed by atoms with van der Waals surface area (Å²) < 4.78 is 0. The van der Waals surface area contributed by atoms with Crippen molar-refractivity contribution in [3.63, 3.8) is 0 Å². The Balaban J connectivity index is 1.73. The van der Waals surface area contributed by atoms with Crippen LogP contribution in [0.1, 0.15) is 30.1 Å². The molecule has 108 valence electrons. The van der Waals surface area contributed by atoms with E-state index in [4.69, 9.17) is 0 Å². The summed E-state index contributed by atoms with van der Waals surface area (Å²) in [6.07, 6.45) is 2.35. The van der Waals surface area contributed by atoms with Crippen molar-refractivity contribution in [2.24, 2.45) is 5.92 Å². The molecule has 0 aromatic heterocycles. The number of carbonyl (C=O) groups excluding carboxylic acids is 2. The number of nitrogens with one attached hydrogen (secondary N) is 2. The number of hydrogen-bond donors (Lipinski definition) is 2. The van der Waals surface area contributed by atoms with Crippen LogP contribution in [0.3, 0.4) is 0 Å². The first-order chi connectivity index (χ1) is 9.65. The van der Waals surface area contributed by atoms with Gasteiger partial charge in [-0.1, -0.05) is 25.1 Å². The van der Waals surface area contributed by atoms with Gasteiger partial charge in [-0.2, -0.15) is 0 Å². The summed E-state index contributed by atoms with van der Waals surface area (Å²) >= 11 is 0. The van der Waals surface area contributed by atoms with Crippen molar-refractivity contribution in [3.8, 4) is 0 Å². The van der Waals surface area contributed by atoms with E-state index in [1.54, 1.807) is 24.3 Å². The largest absolute Gasteiger partial charge is 0.294 e. The van der Waals surface area contributed by atoms with Crippen molar-refractivity contribution in [1.82, 2.24) is 15.8 Å². The molecule has 1 aromatic carbocycles. The lowest BCUT2D eigenvalue weighted by Crippen LogP contribution is -2.48. The number of amides is 2. The van der Waals surface area contributed by atoms with Gasteiger partial charge in [-0.05, 0) is 37.4 Å². The minimum atomic E-state index is -0.300. The van der Waals surface area contributed by atoms with Crippen molar-refractivity contribution in [2.45, 2.75) is 19.8 Å². The Morgan fingerprint density at radius 2 is 2.00 bits per heavy atom. The van der Waals surface area contributed by atoms with Gasteiger partial charge >= 0.3 is 0 Å². The van der Waals surface area contributed by atoms with Gasteiger partial charge in [0, 0.05) is 12.1 Å². The Labute approximate surface area is 119 Å². The zero-order chi connectivity index (χ0) is 14.4. The van der Waals surface area contributed by atoms with E-state index in [0.717, 1.165) is 19.5 Å². The minimum Gasteiger partial charge on any atom is -0.294 e. The molecule has 0 unspecified atom stereocenters. The number of hydrogen-bond acceptors (Lipinski definition) is 3. The lowest BCUT2D eigenvalue weighted by molar-refractivity contribution is -0.123. The first-order valence-electron chi connectivity index (χ1n) is 7.02. The van der Waals surface area contributed by atoms with E-state index in [-0.39, 0.29) is 11.8 Å². The van der Waals surface area contributed by atoms with Crippen LogP contribution in [-0.2, 0) is 4.79 Å². The highest BCUT2D eigenvalue weighted by molar-refractivity contribution is 5.95. The van der Waals surface area contributed by atoms with Gasteiger partial charge < -0.3 is 0 Å². The molecule has 1 aromatic rings. The monoisotopic (exact) mass is 275 g/mol. The van der Waals surface area contributed by atoms with E-state index in [2.05, 4.69) is 22.7 Å². The van der Waals surface area contributed by atoms with E-state index in [1.807, 2.05) is 6.07 Å². The molecule has 0 radical (unpaired) electrons. The van der Waals surface area contributed by atoms with Gasteiger partial charge in [0.2, 0.25) is 0 Å². The fraction of sp³-hybridized carbons (Fsp3) is 0.467. The molecule has 1 aliphatic rings. The molecule has 0 spiro atoms. The molecule has 5 nitrogen and oxygen atoms in total. The Hall–Kier alpha value is -1.88. The smallest absolute Gasteiger partial charge is 0.269 e. The van der Waals surface area contributed by atoms with Gasteiger partial charge in [-0.15, -0.1) is 0 Å². The second-order valence-corrected chi connectivity index (χ2v) is 5.35. The molecule has 2 rings (SSSR count). The van der Waals surface area contributed by atoms with E-state index in [9.17, 15) is 9.59 Å². The average molecular weight is 275 g/mol. The van der Waals surface area contributed by atoms with Crippen molar-refractivity contribution in [1.29, 1.82) is 0 Å². The number of nitrogens with zero attached hydrogens (tertiary/aromatic N) is 1. The Morgan fingerprint density at radius 3 is 2.70 bits per heavy atom. The highest BCUT2D eigenvalue weighted by atomic mass is 16.2. The van der Waals surface area contributed by atoms with E-state index >= 15 is 0 Å². The number of rotatable bonds is 3. The molecule has 20 heavy (non-hydrogen) atoms. The second kappa shape index (κ2) is 7.05.